The number of halogens is 1. The second kappa shape index (κ2) is 7.85. The molecule has 1 aromatic heterocycles. The van der Waals surface area contributed by atoms with Crippen molar-refractivity contribution >= 4 is 23.0 Å². The Hall–Kier alpha value is -2.77. The lowest BCUT2D eigenvalue weighted by Crippen LogP contribution is -2.49. The van der Waals surface area contributed by atoms with Crippen molar-refractivity contribution in [2.24, 2.45) is 0 Å². The van der Waals surface area contributed by atoms with E-state index in [2.05, 4.69) is 15.3 Å². The topological polar surface area (TPSA) is 84.4 Å². The fourth-order valence-electron chi connectivity index (χ4n) is 3.25. The number of amides is 2. The van der Waals surface area contributed by atoms with Gasteiger partial charge >= 0.3 is 6.09 Å². The molecule has 0 saturated carbocycles. The highest BCUT2D eigenvalue weighted by molar-refractivity contribution is 6.04. The van der Waals surface area contributed by atoms with E-state index in [1.807, 2.05) is 0 Å². The van der Waals surface area contributed by atoms with Gasteiger partial charge in [0.1, 0.15) is 11.3 Å². The summed E-state index contributed by atoms with van der Waals surface area (Å²) in [5.74, 6) is -0.839. The number of rotatable bonds is 3. The van der Waals surface area contributed by atoms with E-state index in [1.165, 1.54) is 12.1 Å². The Morgan fingerprint density at radius 3 is 2.78 bits per heavy atom. The average Bonchev–Trinajstić information content (AvgIpc) is 2.62. The van der Waals surface area contributed by atoms with Crippen LogP contribution in [-0.2, 0) is 4.74 Å². The monoisotopic (exact) mass is 374 g/mol. The number of aryl methyl sites for hydroxylation is 2. The Balaban J connectivity index is 1.87. The number of ether oxygens (including phenoxy) is 1. The molecule has 1 atom stereocenters. The predicted octanol–water partition coefficient (Wildman–Crippen LogP) is 2.74. The summed E-state index contributed by atoms with van der Waals surface area (Å²) < 4.78 is 19.0. The molecule has 8 heteroatoms. The lowest BCUT2D eigenvalue weighted by atomic mass is 10.0. The molecule has 0 bridgehead atoms. The van der Waals surface area contributed by atoms with Crippen LogP contribution >= 0.6 is 0 Å². The van der Waals surface area contributed by atoms with Gasteiger partial charge in [0.15, 0.2) is 0 Å². The summed E-state index contributed by atoms with van der Waals surface area (Å²) in [4.78, 5) is 35.1. The molecule has 2 aromatic rings. The summed E-state index contributed by atoms with van der Waals surface area (Å²) in [7, 11) is 0. The van der Waals surface area contributed by atoms with Crippen LogP contribution in [0.3, 0.4) is 0 Å². The summed E-state index contributed by atoms with van der Waals surface area (Å²) in [6, 6.07) is 2.29. The van der Waals surface area contributed by atoms with Gasteiger partial charge in [0.25, 0.3) is 5.91 Å². The second-order valence-electron chi connectivity index (χ2n) is 6.67. The van der Waals surface area contributed by atoms with Crippen LogP contribution in [0.4, 0.5) is 9.18 Å². The molecule has 1 saturated heterocycles. The van der Waals surface area contributed by atoms with Gasteiger partial charge < -0.3 is 15.0 Å². The number of fused-ring (bicyclic) bond motifs is 1. The third-order valence-corrected chi connectivity index (χ3v) is 4.68. The maximum Gasteiger partial charge on any atom is 0.407 e. The van der Waals surface area contributed by atoms with Crippen LogP contribution in [0, 0.1) is 19.7 Å². The number of carbonyl (C=O) groups is 2. The number of aromatic nitrogens is 2. The van der Waals surface area contributed by atoms with Crippen molar-refractivity contribution in [3.8, 4) is 0 Å². The van der Waals surface area contributed by atoms with Crippen LogP contribution in [0.1, 0.15) is 41.5 Å². The lowest BCUT2D eigenvalue weighted by molar-refractivity contribution is 0.0687. The third-order valence-electron chi connectivity index (χ3n) is 4.68. The largest absolute Gasteiger partial charge is 0.450 e. The summed E-state index contributed by atoms with van der Waals surface area (Å²) in [5, 5.41) is 2.76. The van der Waals surface area contributed by atoms with Crippen molar-refractivity contribution < 1.29 is 18.7 Å². The zero-order valence-corrected chi connectivity index (χ0v) is 15.7. The molecule has 27 heavy (non-hydrogen) atoms. The number of carbonyl (C=O) groups excluding carboxylic acids is 2. The summed E-state index contributed by atoms with van der Waals surface area (Å²) in [6.45, 7) is 6.50. The number of nitrogens with one attached hydrogen (secondary N) is 1. The molecule has 1 aliphatic heterocycles. The second-order valence-corrected chi connectivity index (χ2v) is 6.67. The van der Waals surface area contributed by atoms with E-state index in [9.17, 15) is 14.0 Å². The highest BCUT2D eigenvalue weighted by Gasteiger charge is 2.27. The van der Waals surface area contributed by atoms with Gasteiger partial charge in [-0.2, -0.15) is 0 Å². The van der Waals surface area contributed by atoms with Crippen molar-refractivity contribution in [1.82, 2.24) is 20.2 Å². The zero-order valence-electron chi connectivity index (χ0n) is 15.7. The molecule has 0 radical (unpaired) electrons. The molecule has 0 aliphatic carbocycles. The minimum absolute atomic E-state index is 0.192. The van der Waals surface area contributed by atoms with Crippen molar-refractivity contribution in [2.75, 3.05) is 19.7 Å². The normalized spacial score (nSPS) is 17.0. The van der Waals surface area contributed by atoms with E-state index < -0.39 is 11.9 Å². The van der Waals surface area contributed by atoms with Crippen LogP contribution in [0.5, 0.6) is 0 Å². The minimum atomic E-state index is -0.526. The Bertz CT molecular complexity index is 887. The zero-order chi connectivity index (χ0) is 19.6. The number of hydrogen-bond donors (Lipinski definition) is 1. The van der Waals surface area contributed by atoms with Gasteiger partial charge in [-0.3, -0.25) is 4.79 Å². The van der Waals surface area contributed by atoms with Gasteiger partial charge in [0.05, 0.1) is 29.1 Å². The Kier molecular flexibility index (Phi) is 5.53. The maximum atomic E-state index is 14.1. The SMILES string of the molecule is CCOC(=O)N[C@H]1CCCN(C(=O)c2cc(F)cc3nc(C)c(C)nc23)C1. The van der Waals surface area contributed by atoms with Crippen LogP contribution in [0.15, 0.2) is 12.1 Å². The van der Waals surface area contributed by atoms with E-state index in [1.54, 1.807) is 25.7 Å². The number of benzene rings is 1. The molecule has 1 aromatic carbocycles. The molecule has 3 rings (SSSR count). The maximum absolute atomic E-state index is 14.1. The third kappa shape index (κ3) is 4.15. The number of hydrogen-bond acceptors (Lipinski definition) is 5. The van der Waals surface area contributed by atoms with Crippen LogP contribution < -0.4 is 5.32 Å². The smallest absolute Gasteiger partial charge is 0.407 e. The summed E-state index contributed by atoms with van der Waals surface area (Å²) in [5.41, 5.74) is 2.34. The standard InChI is InChI=1S/C19H23FN4O3/c1-4-27-19(26)23-14-6-5-7-24(10-14)18(25)15-8-13(20)9-16-17(15)22-12(3)11(2)21-16/h8-9,14H,4-7,10H2,1-3H3,(H,23,26)/t14-/m0/s1. The van der Waals surface area contributed by atoms with Crippen molar-refractivity contribution in [2.45, 2.75) is 39.7 Å². The first-order valence-corrected chi connectivity index (χ1v) is 9.06. The number of nitrogens with zero attached hydrogens (tertiary/aromatic N) is 3. The molecule has 1 N–H and O–H groups in total. The quantitative estimate of drug-likeness (QED) is 0.893. The first-order valence-electron chi connectivity index (χ1n) is 9.06. The van der Waals surface area contributed by atoms with Crippen molar-refractivity contribution in [1.29, 1.82) is 0 Å². The van der Waals surface area contributed by atoms with E-state index >= 15 is 0 Å². The van der Waals surface area contributed by atoms with E-state index in [-0.39, 0.29) is 24.1 Å². The first kappa shape index (κ1) is 19.0. The molecule has 0 unspecified atom stereocenters. The summed E-state index contributed by atoms with van der Waals surface area (Å²) >= 11 is 0. The highest BCUT2D eigenvalue weighted by atomic mass is 19.1. The summed E-state index contributed by atoms with van der Waals surface area (Å²) in [6.07, 6.45) is 0.995. The van der Waals surface area contributed by atoms with Crippen LogP contribution in [0.25, 0.3) is 11.0 Å². The highest BCUT2D eigenvalue weighted by Crippen LogP contribution is 2.22. The molecule has 2 amide bonds. The molecular formula is C19H23FN4O3. The van der Waals surface area contributed by atoms with Gasteiger partial charge in [-0.15, -0.1) is 0 Å². The van der Waals surface area contributed by atoms with Gasteiger partial charge in [-0.25, -0.2) is 19.2 Å². The van der Waals surface area contributed by atoms with Gasteiger partial charge in [-0.1, -0.05) is 0 Å². The Morgan fingerprint density at radius 1 is 1.30 bits per heavy atom. The van der Waals surface area contributed by atoms with Crippen LogP contribution in [-0.4, -0.2) is 52.6 Å². The van der Waals surface area contributed by atoms with Gasteiger partial charge in [-0.05, 0) is 39.7 Å². The molecule has 1 aliphatic rings. The van der Waals surface area contributed by atoms with E-state index in [0.29, 0.717) is 35.5 Å². The molecule has 7 nitrogen and oxygen atoms in total. The van der Waals surface area contributed by atoms with Crippen LogP contribution in [0.2, 0.25) is 0 Å². The number of alkyl carbamates (subject to hydrolysis) is 1. The van der Waals surface area contributed by atoms with Crippen molar-refractivity contribution in [3.05, 3.63) is 34.9 Å². The van der Waals surface area contributed by atoms with E-state index in [0.717, 1.165) is 12.8 Å². The Labute approximate surface area is 156 Å². The molecule has 2 heterocycles. The molecule has 0 spiro atoms. The van der Waals surface area contributed by atoms with E-state index in [4.69, 9.17) is 4.74 Å². The predicted molar refractivity (Wildman–Crippen MR) is 98.1 cm³/mol. The minimum Gasteiger partial charge on any atom is -0.450 e. The Morgan fingerprint density at radius 2 is 2.04 bits per heavy atom. The molecule has 144 valence electrons. The average molecular weight is 374 g/mol. The molecule has 1 fully saturated rings. The fraction of sp³-hybridized carbons (Fsp3) is 0.474. The lowest BCUT2D eigenvalue weighted by Gasteiger charge is -2.33. The number of likely N-dealkylation sites (tertiary alicyclic amines) is 1. The van der Waals surface area contributed by atoms with Crippen molar-refractivity contribution in [3.63, 3.8) is 0 Å². The fourth-order valence-corrected chi connectivity index (χ4v) is 3.25. The van der Waals surface area contributed by atoms with Gasteiger partial charge in [0, 0.05) is 25.2 Å². The number of piperidine rings is 1. The van der Waals surface area contributed by atoms with Gasteiger partial charge in [0.2, 0.25) is 0 Å². The molecular weight excluding hydrogens is 351 g/mol. The first-order chi connectivity index (χ1) is 12.9.